The third kappa shape index (κ3) is 3.49. The Kier molecular flexibility index (Phi) is 5.20. The molecule has 0 fully saturated rings. The average molecular weight is 248 g/mol. The Hall–Kier alpha value is -1.51. The van der Waals surface area contributed by atoms with Crippen LogP contribution >= 0.6 is 0 Å². The number of benzene rings is 1. The van der Waals surface area contributed by atoms with Crippen molar-refractivity contribution in [2.45, 2.75) is 47.0 Å². The minimum absolute atomic E-state index is 0.0317. The topological polar surface area (TPSA) is 55.1 Å². The van der Waals surface area contributed by atoms with Crippen LogP contribution in [-0.4, -0.2) is 5.91 Å². The highest BCUT2D eigenvalue weighted by Crippen LogP contribution is 2.26. The number of anilines is 2. The van der Waals surface area contributed by atoms with Crippen molar-refractivity contribution in [3.8, 4) is 0 Å². The Morgan fingerprint density at radius 1 is 1.39 bits per heavy atom. The Balaban J connectivity index is 2.79. The number of rotatable bonds is 5. The molecule has 1 unspecified atom stereocenters. The maximum Gasteiger partial charge on any atom is 0.227 e. The molecule has 1 atom stereocenters. The van der Waals surface area contributed by atoms with Crippen LogP contribution < -0.4 is 11.1 Å². The zero-order valence-corrected chi connectivity index (χ0v) is 11.8. The molecule has 3 nitrogen and oxygen atoms in total. The molecular weight excluding hydrogens is 224 g/mol. The number of carbonyl (C=O) groups excluding carboxylic acids is 1. The molecule has 0 radical (unpaired) electrons. The van der Waals surface area contributed by atoms with E-state index in [0.717, 1.165) is 36.1 Å². The Labute approximate surface area is 110 Å². The third-order valence-electron chi connectivity index (χ3n) is 3.45. The Morgan fingerprint density at radius 2 is 2.06 bits per heavy atom. The molecule has 3 N–H and O–H groups in total. The number of unbranched alkanes of at least 4 members (excludes halogenated alkanes) is 1. The van der Waals surface area contributed by atoms with E-state index in [1.165, 1.54) is 0 Å². The number of amides is 1. The van der Waals surface area contributed by atoms with Crippen molar-refractivity contribution < 1.29 is 4.79 Å². The highest BCUT2D eigenvalue weighted by Gasteiger charge is 2.15. The Bertz CT molecular complexity index is 427. The Morgan fingerprint density at radius 3 is 2.67 bits per heavy atom. The first-order valence-electron chi connectivity index (χ1n) is 6.63. The lowest BCUT2D eigenvalue weighted by Crippen LogP contribution is -2.21. The van der Waals surface area contributed by atoms with E-state index < -0.39 is 0 Å². The number of nitrogens with two attached hydrogens (primary N) is 1. The number of hydrogen-bond acceptors (Lipinski definition) is 2. The van der Waals surface area contributed by atoms with Crippen LogP contribution in [0.5, 0.6) is 0 Å². The summed E-state index contributed by atoms with van der Waals surface area (Å²) in [4.78, 5) is 12.1. The normalized spacial score (nSPS) is 12.2. The molecule has 100 valence electrons. The SMILES string of the molecule is CCCCC(C)C(=O)Nc1c(N)ccc(C)c1C. The largest absolute Gasteiger partial charge is 0.397 e. The lowest BCUT2D eigenvalue weighted by Gasteiger charge is -2.16. The van der Waals surface area contributed by atoms with Gasteiger partial charge in [0.05, 0.1) is 11.4 Å². The van der Waals surface area contributed by atoms with Gasteiger partial charge in [0, 0.05) is 5.92 Å². The summed E-state index contributed by atoms with van der Waals surface area (Å²) in [6, 6.07) is 3.81. The van der Waals surface area contributed by atoms with Gasteiger partial charge in [-0.15, -0.1) is 0 Å². The van der Waals surface area contributed by atoms with Gasteiger partial charge in [-0.1, -0.05) is 32.8 Å². The molecule has 0 aliphatic rings. The second-order valence-electron chi connectivity index (χ2n) is 5.00. The molecule has 0 heterocycles. The van der Waals surface area contributed by atoms with Crippen molar-refractivity contribution in [2.24, 2.45) is 5.92 Å². The molecule has 1 aromatic rings. The van der Waals surface area contributed by atoms with Crippen molar-refractivity contribution in [1.82, 2.24) is 0 Å². The van der Waals surface area contributed by atoms with Gasteiger partial charge in [0.25, 0.3) is 0 Å². The van der Waals surface area contributed by atoms with Gasteiger partial charge in [-0.25, -0.2) is 0 Å². The fraction of sp³-hybridized carbons (Fsp3) is 0.533. The van der Waals surface area contributed by atoms with Crippen LogP contribution in [0.4, 0.5) is 11.4 Å². The molecule has 0 aromatic heterocycles. The van der Waals surface area contributed by atoms with Gasteiger partial charge in [0.15, 0.2) is 0 Å². The van der Waals surface area contributed by atoms with Crippen molar-refractivity contribution in [2.75, 3.05) is 11.1 Å². The van der Waals surface area contributed by atoms with Gasteiger partial charge in [-0.05, 0) is 37.5 Å². The van der Waals surface area contributed by atoms with Gasteiger partial charge in [0.1, 0.15) is 0 Å². The zero-order valence-electron chi connectivity index (χ0n) is 11.8. The number of hydrogen-bond donors (Lipinski definition) is 2. The summed E-state index contributed by atoms with van der Waals surface area (Å²) in [5.41, 5.74) is 9.51. The van der Waals surface area contributed by atoms with E-state index in [2.05, 4.69) is 12.2 Å². The lowest BCUT2D eigenvalue weighted by atomic mass is 10.0. The molecule has 0 bridgehead atoms. The summed E-state index contributed by atoms with van der Waals surface area (Å²) >= 11 is 0. The van der Waals surface area contributed by atoms with E-state index in [-0.39, 0.29) is 11.8 Å². The van der Waals surface area contributed by atoms with Gasteiger partial charge in [-0.2, -0.15) is 0 Å². The maximum atomic E-state index is 12.1. The van der Waals surface area contributed by atoms with Crippen molar-refractivity contribution in [3.63, 3.8) is 0 Å². The smallest absolute Gasteiger partial charge is 0.227 e. The lowest BCUT2D eigenvalue weighted by molar-refractivity contribution is -0.119. The second kappa shape index (κ2) is 6.43. The summed E-state index contributed by atoms with van der Waals surface area (Å²) < 4.78 is 0. The van der Waals surface area contributed by atoms with Crippen LogP contribution in [0.1, 0.15) is 44.2 Å². The molecule has 0 aliphatic carbocycles. The highest BCUT2D eigenvalue weighted by atomic mass is 16.1. The van der Waals surface area contributed by atoms with Crippen molar-refractivity contribution >= 4 is 17.3 Å². The standard InChI is InChI=1S/C15H24N2O/c1-5-6-7-11(3)15(18)17-14-12(4)10(2)8-9-13(14)16/h8-9,11H,5-7,16H2,1-4H3,(H,17,18). The van der Waals surface area contributed by atoms with E-state index >= 15 is 0 Å². The maximum absolute atomic E-state index is 12.1. The molecule has 3 heteroatoms. The molecule has 0 aliphatic heterocycles. The summed E-state index contributed by atoms with van der Waals surface area (Å²) in [6.07, 6.45) is 3.12. The van der Waals surface area contributed by atoms with Gasteiger partial charge < -0.3 is 11.1 Å². The molecule has 18 heavy (non-hydrogen) atoms. The summed E-state index contributed by atoms with van der Waals surface area (Å²) in [5, 5.41) is 2.96. The number of aryl methyl sites for hydroxylation is 1. The van der Waals surface area contributed by atoms with E-state index in [0.29, 0.717) is 5.69 Å². The van der Waals surface area contributed by atoms with Crippen LogP contribution in [0.2, 0.25) is 0 Å². The van der Waals surface area contributed by atoms with Crippen LogP contribution in [0.3, 0.4) is 0 Å². The first-order valence-corrected chi connectivity index (χ1v) is 6.63. The highest BCUT2D eigenvalue weighted by molar-refractivity contribution is 5.96. The fourth-order valence-corrected chi connectivity index (χ4v) is 1.89. The van der Waals surface area contributed by atoms with Gasteiger partial charge in [-0.3, -0.25) is 4.79 Å². The van der Waals surface area contributed by atoms with Crippen LogP contribution in [0, 0.1) is 19.8 Å². The number of nitrogens with one attached hydrogen (secondary N) is 1. The van der Waals surface area contributed by atoms with Crippen LogP contribution in [0.15, 0.2) is 12.1 Å². The molecular formula is C15H24N2O. The van der Waals surface area contributed by atoms with Gasteiger partial charge in [0.2, 0.25) is 5.91 Å². The second-order valence-corrected chi connectivity index (χ2v) is 5.00. The molecule has 0 saturated carbocycles. The predicted molar refractivity (Wildman–Crippen MR) is 77.6 cm³/mol. The van der Waals surface area contributed by atoms with Crippen molar-refractivity contribution in [3.05, 3.63) is 23.3 Å². The summed E-state index contributed by atoms with van der Waals surface area (Å²) in [7, 11) is 0. The minimum Gasteiger partial charge on any atom is -0.397 e. The number of carbonyl (C=O) groups is 1. The summed E-state index contributed by atoms with van der Waals surface area (Å²) in [5.74, 6) is 0.0908. The van der Waals surface area contributed by atoms with E-state index in [1.54, 1.807) is 0 Å². The first kappa shape index (κ1) is 14.6. The number of nitrogen functional groups attached to an aromatic ring is 1. The zero-order chi connectivity index (χ0) is 13.7. The van der Waals surface area contributed by atoms with Gasteiger partial charge >= 0.3 is 0 Å². The molecule has 1 rings (SSSR count). The van der Waals surface area contributed by atoms with Crippen LogP contribution in [0.25, 0.3) is 0 Å². The van der Waals surface area contributed by atoms with Crippen LogP contribution in [-0.2, 0) is 4.79 Å². The van der Waals surface area contributed by atoms with E-state index in [4.69, 9.17) is 5.73 Å². The molecule has 0 saturated heterocycles. The van der Waals surface area contributed by atoms with E-state index in [1.807, 2.05) is 32.9 Å². The minimum atomic E-state index is 0.0317. The molecule has 1 aromatic carbocycles. The quantitative estimate of drug-likeness (QED) is 0.781. The van der Waals surface area contributed by atoms with E-state index in [9.17, 15) is 4.79 Å². The third-order valence-corrected chi connectivity index (χ3v) is 3.45. The first-order chi connectivity index (χ1) is 8.47. The monoisotopic (exact) mass is 248 g/mol. The summed E-state index contributed by atoms with van der Waals surface area (Å²) in [6.45, 7) is 8.10. The average Bonchev–Trinajstić information content (AvgIpc) is 2.36. The fourth-order valence-electron chi connectivity index (χ4n) is 1.89. The molecule has 0 spiro atoms. The predicted octanol–water partition coefficient (Wildman–Crippen LogP) is 3.65. The van der Waals surface area contributed by atoms with Crippen molar-refractivity contribution in [1.29, 1.82) is 0 Å². The molecule has 1 amide bonds.